The number of piperidine rings is 1. The minimum absolute atomic E-state index is 0.00513. The van der Waals surface area contributed by atoms with Gasteiger partial charge in [-0.05, 0) is 50.8 Å². The van der Waals surface area contributed by atoms with Crippen LogP contribution in [-0.4, -0.2) is 38.7 Å². The molecule has 0 bridgehead atoms. The Morgan fingerprint density at radius 3 is 2.57 bits per heavy atom. The molecule has 2 aromatic carbocycles. The first-order chi connectivity index (χ1) is 17.4. The third-order valence-corrected chi connectivity index (χ3v) is 7.82. The lowest BCUT2D eigenvalue weighted by Gasteiger charge is -2.38. The van der Waals surface area contributed by atoms with Crippen molar-refractivity contribution in [1.29, 1.82) is 0 Å². The number of nitrogen functional groups attached to an aromatic ring is 1. The summed E-state index contributed by atoms with van der Waals surface area (Å²) in [4.78, 5) is 14.7. The van der Waals surface area contributed by atoms with Crippen molar-refractivity contribution in [3.8, 4) is 11.1 Å². The van der Waals surface area contributed by atoms with Crippen molar-refractivity contribution in [2.24, 2.45) is 0 Å². The number of alkyl halides is 3. The van der Waals surface area contributed by atoms with E-state index in [2.05, 4.69) is 15.0 Å². The first-order valence-electron chi connectivity index (χ1n) is 11.9. The number of halogens is 5. The molecule has 3 N–H and O–H groups in total. The SMILES string of the molecule is C[C@@]1(O)CCCN(c2nc(C3CC3)nc3c(F)c(-c4ccc(F)c5sc(N)nc45)c(C(F)(F)F)cc23)C1. The summed E-state index contributed by atoms with van der Waals surface area (Å²) in [7, 11) is 0. The molecule has 37 heavy (non-hydrogen) atoms. The van der Waals surface area contributed by atoms with Crippen LogP contribution in [-0.2, 0) is 6.18 Å². The first kappa shape index (κ1) is 24.2. The van der Waals surface area contributed by atoms with E-state index in [9.17, 15) is 22.7 Å². The Bertz CT molecular complexity index is 1560. The molecule has 1 aliphatic heterocycles. The number of nitrogens with zero attached hydrogens (tertiary/aromatic N) is 4. The highest BCUT2D eigenvalue weighted by Gasteiger charge is 2.39. The zero-order valence-corrected chi connectivity index (χ0v) is 20.5. The highest BCUT2D eigenvalue weighted by Crippen LogP contribution is 2.47. The smallest absolute Gasteiger partial charge is 0.388 e. The molecule has 2 aliphatic rings. The summed E-state index contributed by atoms with van der Waals surface area (Å²) in [5, 5.41) is 10.5. The zero-order chi connectivity index (χ0) is 26.3. The van der Waals surface area contributed by atoms with E-state index in [0.717, 1.165) is 42.4 Å². The molecule has 2 fully saturated rings. The number of aliphatic hydroxyl groups is 1. The molecule has 6 rings (SSSR count). The van der Waals surface area contributed by atoms with Gasteiger partial charge in [0.15, 0.2) is 10.9 Å². The molecule has 1 saturated carbocycles. The number of β-amino-alcohol motifs (C(OH)–C–C–N with tert-alkyl or cyclic N) is 1. The minimum Gasteiger partial charge on any atom is -0.388 e. The van der Waals surface area contributed by atoms with E-state index >= 15 is 4.39 Å². The number of fused-ring (bicyclic) bond motifs is 2. The summed E-state index contributed by atoms with van der Waals surface area (Å²) in [6, 6.07) is 2.92. The van der Waals surface area contributed by atoms with E-state index in [0.29, 0.717) is 25.2 Å². The second-order valence-corrected chi connectivity index (χ2v) is 11.1. The summed E-state index contributed by atoms with van der Waals surface area (Å²) in [5.41, 5.74) is 2.04. The number of aromatic nitrogens is 3. The Kier molecular flexibility index (Phi) is 5.36. The van der Waals surface area contributed by atoms with E-state index in [4.69, 9.17) is 5.73 Å². The molecular formula is C25H22F5N5OS. The van der Waals surface area contributed by atoms with Gasteiger partial charge in [0.2, 0.25) is 0 Å². The summed E-state index contributed by atoms with van der Waals surface area (Å²) in [5.74, 6) is -1.36. The molecule has 194 valence electrons. The van der Waals surface area contributed by atoms with E-state index in [1.807, 2.05) is 0 Å². The molecule has 0 unspecified atom stereocenters. The molecule has 6 nitrogen and oxygen atoms in total. The van der Waals surface area contributed by atoms with Crippen molar-refractivity contribution in [1.82, 2.24) is 15.0 Å². The van der Waals surface area contributed by atoms with Gasteiger partial charge >= 0.3 is 6.18 Å². The van der Waals surface area contributed by atoms with Gasteiger partial charge in [0.05, 0.1) is 21.4 Å². The molecule has 0 radical (unpaired) electrons. The predicted molar refractivity (Wildman–Crippen MR) is 132 cm³/mol. The third kappa shape index (κ3) is 4.15. The standard InChI is InChI=1S/C25H22F5N5OS/c1-24(36)7-2-8-35(10-24)22-13-9-14(25(28,29)30)16(17(27)18(13)32-21(34-22)11-3-4-11)12-5-6-15(26)20-19(12)33-23(31)37-20/h5-6,9,11,36H,2-4,7-8,10H2,1H3,(H2,31,33)/t24-/m1/s1. The number of hydrogen-bond acceptors (Lipinski definition) is 7. The van der Waals surface area contributed by atoms with Crippen LogP contribution < -0.4 is 10.6 Å². The van der Waals surface area contributed by atoms with Crippen molar-refractivity contribution in [2.75, 3.05) is 23.7 Å². The molecule has 4 aromatic rings. The molecule has 1 atom stereocenters. The minimum atomic E-state index is -4.95. The van der Waals surface area contributed by atoms with Gasteiger partial charge in [-0.3, -0.25) is 0 Å². The van der Waals surface area contributed by atoms with E-state index in [1.165, 1.54) is 0 Å². The molecule has 2 aromatic heterocycles. The van der Waals surface area contributed by atoms with Crippen LogP contribution >= 0.6 is 11.3 Å². The fourth-order valence-electron chi connectivity index (χ4n) is 5.07. The molecule has 12 heteroatoms. The Labute approximate surface area is 212 Å². The van der Waals surface area contributed by atoms with Crippen LogP contribution in [0.3, 0.4) is 0 Å². The maximum absolute atomic E-state index is 16.3. The average molecular weight is 536 g/mol. The van der Waals surface area contributed by atoms with Crippen LogP contribution in [0.25, 0.3) is 32.2 Å². The van der Waals surface area contributed by atoms with Crippen molar-refractivity contribution in [3.05, 3.63) is 41.2 Å². The van der Waals surface area contributed by atoms with Gasteiger partial charge < -0.3 is 15.7 Å². The third-order valence-electron chi connectivity index (χ3n) is 6.93. The second kappa shape index (κ2) is 8.19. The van der Waals surface area contributed by atoms with Gasteiger partial charge in [-0.1, -0.05) is 11.3 Å². The van der Waals surface area contributed by atoms with Crippen LogP contribution in [0.5, 0.6) is 0 Å². The molecular weight excluding hydrogens is 513 g/mol. The van der Waals surface area contributed by atoms with Crippen molar-refractivity contribution < 1.29 is 27.1 Å². The Morgan fingerprint density at radius 2 is 1.89 bits per heavy atom. The van der Waals surface area contributed by atoms with Crippen molar-refractivity contribution in [3.63, 3.8) is 0 Å². The quantitative estimate of drug-likeness (QED) is 0.312. The maximum atomic E-state index is 16.3. The largest absolute Gasteiger partial charge is 0.417 e. The van der Waals surface area contributed by atoms with Gasteiger partial charge in [-0.2, -0.15) is 13.2 Å². The highest BCUT2D eigenvalue weighted by molar-refractivity contribution is 7.22. The predicted octanol–water partition coefficient (Wildman–Crippen LogP) is 6.01. The van der Waals surface area contributed by atoms with Crippen molar-refractivity contribution >= 4 is 43.4 Å². The van der Waals surface area contributed by atoms with Crippen molar-refractivity contribution in [2.45, 2.75) is 50.3 Å². The van der Waals surface area contributed by atoms with E-state index in [-0.39, 0.29) is 50.1 Å². The van der Waals surface area contributed by atoms with E-state index in [1.54, 1.807) is 11.8 Å². The van der Waals surface area contributed by atoms with Crippen LogP contribution in [0.2, 0.25) is 0 Å². The lowest BCUT2D eigenvalue weighted by Crippen LogP contribution is -2.46. The number of nitrogens with two attached hydrogens (primary N) is 1. The van der Waals surface area contributed by atoms with Gasteiger partial charge in [-0.15, -0.1) is 0 Å². The van der Waals surface area contributed by atoms with Gasteiger partial charge in [0.1, 0.15) is 23.0 Å². The number of thiazole rings is 1. The van der Waals surface area contributed by atoms with Crippen LogP contribution in [0.1, 0.15) is 49.9 Å². The topological polar surface area (TPSA) is 88.2 Å². The number of rotatable bonds is 3. The first-order valence-corrected chi connectivity index (χ1v) is 12.7. The van der Waals surface area contributed by atoms with Gasteiger partial charge in [-0.25, -0.2) is 23.7 Å². The van der Waals surface area contributed by atoms with Crippen LogP contribution in [0.15, 0.2) is 18.2 Å². The Balaban J connectivity index is 1.68. The number of benzene rings is 2. The Hall–Kier alpha value is -3.12. The van der Waals surface area contributed by atoms with Crippen LogP contribution in [0, 0.1) is 11.6 Å². The van der Waals surface area contributed by atoms with Gasteiger partial charge in [0.25, 0.3) is 0 Å². The molecule has 3 heterocycles. The molecule has 1 saturated heterocycles. The fourth-order valence-corrected chi connectivity index (χ4v) is 5.84. The highest BCUT2D eigenvalue weighted by atomic mass is 32.1. The lowest BCUT2D eigenvalue weighted by molar-refractivity contribution is -0.137. The molecule has 0 amide bonds. The molecule has 1 aliphatic carbocycles. The maximum Gasteiger partial charge on any atom is 0.417 e. The fraction of sp³-hybridized carbons (Fsp3) is 0.400. The Morgan fingerprint density at radius 1 is 1.14 bits per heavy atom. The lowest BCUT2D eigenvalue weighted by atomic mass is 9.93. The molecule has 0 spiro atoms. The summed E-state index contributed by atoms with van der Waals surface area (Å²) in [6.07, 6.45) is -2.22. The second-order valence-electron chi connectivity index (χ2n) is 10.0. The van der Waals surface area contributed by atoms with E-state index < -0.39 is 34.5 Å². The zero-order valence-electron chi connectivity index (χ0n) is 19.7. The summed E-state index contributed by atoms with van der Waals surface area (Å²) in [6.45, 7) is 2.25. The summed E-state index contributed by atoms with van der Waals surface area (Å²) < 4.78 is 74.1. The van der Waals surface area contributed by atoms with Crippen LogP contribution in [0.4, 0.5) is 32.9 Å². The number of hydrogen-bond donors (Lipinski definition) is 2. The summed E-state index contributed by atoms with van der Waals surface area (Å²) >= 11 is 0.778. The normalized spacial score (nSPS) is 20.8. The van der Waals surface area contributed by atoms with Gasteiger partial charge in [0, 0.05) is 35.5 Å². The monoisotopic (exact) mass is 535 g/mol. The number of anilines is 2. The average Bonchev–Trinajstić information content (AvgIpc) is 3.59.